The van der Waals surface area contributed by atoms with Gasteiger partial charge in [0.2, 0.25) is 0 Å². The Kier molecular flexibility index (Phi) is 3.55. The van der Waals surface area contributed by atoms with Crippen LogP contribution in [-0.4, -0.2) is 33.3 Å². The number of nitrogens with one attached hydrogen (secondary N) is 1. The summed E-state index contributed by atoms with van der Waals surface area (Å²) in [7, 11) is 0. The third-order valence-electron chi connectivity index (χ3n) is 3.75. The molecular weight excluding hydrogens is 238 g/mol. The summed E-state index contributed by atoms with van der Waals surface area (Å²) in [4.78, 5) is 1.79. The predicted molar refractivity (Wildman–Crippen MR) is 72.7 cm³/mol. The molecule has 0 spiro atoms. The lowest BCUT2D eigenvalue weighted by molar-refractivity contribution is 0.257. The fraction of sp³-hybridized carbons (Fsp3) is 0.500. The second-order valence-electron chi connectivity index (χ2n) is 5.10. The van der Waals surface area contributed by atoms with Crippen LogP contribution in [0.15, 0.2) is 30.3 Å². The molecule has 3 rings (SSSR count). The highest BCUT2D eigenvalue weighted by Gasteiger charge is 2.28. The van der Waals surface area contributed by atoms with Gasteiger partial charge >= 0.3 is 0 Å². The van der Waals surface area contributed by atoms with Crippen LogP contribution in [0.4, 0.5) is 0 Å². The van der Waals surface area contributed by atoms with Gasteiger partial charge in [-0.2, -0.15) is 4.80 Å². The Morgan fingerprint density at radius 2 is 1.95 bits per heavy atom. The fourth-order valence-electron chi connectivity index (χ4n) is 2.82. The van der Waals surface area contributed by atoms with Gasteiger partial charge in [-0.1, -0.05) is 30.3 Å². The van der Waals surface area contributed by atoms with Gasteiger partial charge < -0.3 is 5.32 Å². The van der Waals surface area contributed by atoms with Crippen molar-refractivity contribution in [3.8, 4) is 0 Å². The highest BCUT2D eigenvalue weighted by Crippen LogP contribution is 2.31. The summed E-state index contributed by atoms with van der Waals surface area (Å²) in [6.07, 6.45) is 2.31. The summed E-state index contributed by atoms with van der Waals surface area (Å²) in [5.74, 6) is 1.30. The van der Waals surface area contributed by atoms with Crippen molar-refractivity contribution < 1.29 is 0 Å². The smallest absolute Gasteiger partial charge is 0.171 e. The fourth-order valence-corrected chi connectivity index (χ4v) is 2.82. The lowest BCUT2D eigenvalue weighted by atomic mass is 9.86. The molecule has 1 fully saturated rings. The van der Waals surface area contributed by atoms with Crippen LogP contribution in [0.5, 0.6) is 0 Å². The first-order chi connectivity index (χ1) is 9.34. The van der Waals surface area contributed by atoms with Crippen molar-refractivity contribution in [1.82, 2.24) is 25.5 Å². The molecule has 1 aliphatic heterocycles. The number of hydrogen-bond donors (Lipinski definition) is 1. The number of benzene rings is 1. The van der Waals surface area contributed by atoms with Gasteiger partial charge in [0.05, 0.1) is 0 Å². The molecule has 2 heterocycles. The van der Waals surface area contributed by atoms with E-state index >= 15 is 0 Å². The number of hydrogen-bond acceptors (Lipinski definition) is 4. The van der Waals surface area contributed by atoms with Crippen molar-refractivity contribution in [2.45, 2.75) is 25.8 Å². The Balaban J connectivity index is 1.95. The number of rotatable bonds is 3. The average Bonchev–Trinajstić information content (AvgIpc) is 2.88. The molecule has 1 N–H and O–H groups in total. The Labute approximate surface area is 113 Å². The van der Waals surface area contributed by atoms with Crippen LogP contribution in [0.1, 0.15) is 30.3 Å². The molecule has 1 aromatic heterocycles. The Hall–Kier alpha value is -1.75. The van der Waals surface area contributed by atoms with Gasteiger partial charge in [-0.25, -0.2) is 0 Å². The van der Waals surface area contributed by atoms with Crippen molar-refractivity contribution in [2.75, 3.05) is 13.1 Å². The number of tetrazole rings is 1. The first kappa shape index (κ1) is 12.3. The maximum absolute atomic E-state index is 4.44. The molecule has 5 nitrogen and oxygen atoms in total. The Morgan fingerprint density at radius 3 is 2.58 bits per heavy atom. The number of aryl methyl sites for hydroxylation is 1. The maximum Gasteiger partial charge on any atom is 0.171 e. The van der Waals surface area contributed by atoms with Crippen molar-refractivity contribution in [1.29, 1.82) is 0 Å². The Morgan fingerprint density at radius 1 is 1.21 bits per heavy atom. The molecule has 0 amide bonds. The van der Waals surface area contributed by atoms with Crippen molar-refractivity contribution in [3.63, 3.8) is 0 Å². The van der Waals surface area contributed by atoms with E-state index in [0.29, 0.717) is 5.92 Å². The molecule has 0 bridgehead atoms. The largest absolute Gasteiger partial charge is 0.317 e. The molecule has 100 valence electrons. The maximum atomic E-state index is 4.44. The molecule has 5 heteroatoms. The van der Waals surface area contributed by atoms with E-state index in [2.05, 4.69) is 45.0 Å². The molecule has 1 aliphatic rings. The van der Waals surface area contributed by atoms with Crippen LogP contribution < -0.4 is 5.32 Å². The van der Waals surface area contributed by atoms with Crippen molar-refractivity contribution in [2.24, 2.45) is 5.92 Å². The van der Waals surface area contributed by atoms with E-state index in [0.717, 1.165) is 31.8 Å². The van der Waals surface area contributed by atoms with Crippen LogP contribution in [0, 0.1) is 12.8 Å². The number of piperidine rings is 1. The molecule has 1 unspecified atom stereocenters. The van der Waals surface area contributed by atoms with Gasteiger partial charge in [0.1, 0.15) is 6.04 Å². The first-order valence-electron chi connectivity index (χ1n) is 6.86. The second kappa shape index (κ2) is 5.48. The monoisotopic (exact) mass is 257 g/mol. The van der Waals surface area contributed by atoms with E-state index in [-0.39, 0.29) is 6.04 Å². The van der Waals surface area contributed by atoms with Gasteiger partial charge in [0.15, 0.2) is 5.82 Å². The minimum Gasteiger partial charge on any atom is -0.317 e. The van der Waals surface area contributed by atoms with Gasteiger partial charge in [-0.05, 0) is 49.5 Å². The first-order valence-corrected chi connectivity index (χ1v) is 6.86. The zero-order valence-corrected chi connectivity index (χ0v) is 11.2. The van der Waals surface area contributed by atoms with Gasteiger partial charge in [-0.15, -0.1) is 10.2 Å². The zero-order valence-electron chi connectivity index (χ0n) is 11.2. The highest BCUT2D eigenvalue weighted by atomic mass is 15.6. The zero-order chi connectivity index (χ0) is 13.1. The van der Waals surface area contributed by atoms with E-state index < -0.39 is 0 Å². The van der Waals surface area contributed by atoms with Gasteiger partial charge in [0, 0.05) is 0 Å². The third-order valence-corrected chi connectivity index (χ3v) is 3.75. The van der Waals surface area contributed by atoms with Crippen molar-refractivity contribution in [3.05, 3.63) is 41.7 Å². The van der Waals surface area contributed by atoms with Crippen LogP contribution in [0.3, 0.4) is 0 Å². The van der Waals surface area contributed by atoms with Crippen LogP contribution in [0.2, 0.25) is 0 Å². The summed E-state index contributed by atoms with van der Waals surface area (Å²) in [5, 5.41) is 16.1. The SMILES string of the molecule is Cc1nnn(C(c2ccccc2)C2CCNCC2)n1. The Bertz CT molecular complexity index is 516. The van der Waals surface area contributed by atoms with Crippen LogP contribution in [0.25, 0.3) is 0 Å². The average molecular weight is 257 g/mol. The minimum absolute atomic E-state index is 0.199. The third kappa shape index (κ3) is 2.66. The van der Waals surface area contributed by atoms with Crippen molar-refractivity contribution >= 4 is 0 Å². The number of aromatic nitrogens is 4. The van der Waals surface area contributed by atoms with E-state index in [9.17, 15) is 0 Å². The molecule has 0 radical (unpaired) electrons. The van der Waals surface area contributed by atoms with Crippen LogP contribution >= 0.6 is 0 Å². The lowest BCUT2D eigenvalue weighted by Gasteiger charge is -2.30. The molecule has 1 saturated heterocycles. The van der Waals surface area contributed by atoms with Gasteiger partial charge in [0.25, 0.3) is 0 Å². The quantitative estimate of drug-likeness (QED) is 0.907. The van der Waals surface area contributed by atoms with Crippen LogP contribution in [-0.2, 0) is 0 Å². The topological polar surface area (TPSA) is 55.6 Å². The molecule has 0 saturated carbocycles. The van der Waals surface area contributed by atoms with Gasteiger partial charge in [-0.3, -0.25) is 0 Å². The molecule has 1 aromatic carbocycles. The molecule has 2 aromatic rings. The molecule has 0 aliphatic carbocycles. The van der Waals surface area contributed by atoms with E-state index in [1.165, 1.54) is 5.56 Å². The second-order valence-corrected chi connectivity index (χ2v) is 5.10. The predicted octanol–water partition coefficient (Wildman–Crippen LogP) is 1.57. The summed E-state index contributed by atoms with van der Waals surface area (Å²) < 4.78 is 0. The van der Waals surface area contributed by atoms with E-state index in [1.54, 1.807) is 4.80 Å². The molecular formula is C14H19N5. The molecule has 19 heavy (non-hydrogen) atoms. The van der Waals surface area contributed by atoms with E-state index in [1.807, 2.05) is 13.0 Å². The summed E-state index contributed by atoms with van der Waals surface area (Å²) in [5.41, 5.74) is 1.27. The standard InChI is InChI=1S/C14H19N5/c1-11-16-18-19(17-11)14(12-5-3-2-4-6-12)13-7-9-15-10-8-13/h2-6,13-15H,7-10H2,1H3. The number of nitrogens with zero attached hydrogens (tertiary/aromatic N) is 4. The lowest BCUT2D eigenvalue weighted by Crippen LogP contribution is -2.34. The summed E-state index contributed by atoms with van der Waals surface area (Å²) in [6.45, 7) is 4.03. The highest BCUT2D eigenvalue weighted by molar-refractivity contribution is 5.20. The molecule has 1 atom stereocenters. The summed E-state index contributed by atoms with van der Waals surface area (Å²) >= 11 is 0. The minimum atomic E-state index is 0.199. The summed E-state index contributed by atoms with van der Waals surface area (Å²) in [6, 6.07) is 10.7. The van der Waals surface area contributed by atoms with E-state index in [4.69, 9.17) is 0 Å². The normalized spacial score (nSPS) is 18.4.